The normalized spacial score (nSPS) is 17.8. The summed E-state index contributed by atoms with van der Waals surface area (Å²) < 4.78 is 7.33. The fraction of sp³-hybridized carbons (Fsp3) is 0.316. The molecule has 0 fully saturated rings. The number of rotatable bonds is 3. The van der Waals surface area contributed by atoms with Crippen molar-refractivity contribution in [3.05, 3.63) is 59.7 Å². The second-order valence-corrected chi connectivity index (χ2v) is 21.5. The van der Waals surface area contributed by atoms with Crippen LogP contribution in [0.25, 0.3) is 0 Å². The van der Waals surface area contributed by atoms with Crippen LogP contribution in [0.15, 0.2) is 48.5 Å². The number of carbonyl (C=O) groups excluding carboxylic acids is 1. The van der Waals surface area contributed by atoms with E-state index in [1.807, 2.05) is 24.3 Å². The fourth-order valence-corrected chi connectivity index (χ4v) is 6.12. The zero-order valence-corrected chi connectivity index (χ0v) is 16.3. The third-order valence-corrected chi connectivity index (χ3v) is 10.1. The van der Waals surface area contributed by atoms with Crippen molar-refractivity contribution in [1.82, 2.24) is 0 Å². The number of ether oxygens (including phenoxy) is 1. The van der Waals surface area contributed by atoms with Crippen LogP contribution in [0, 0.1) is 5.92 Å². The molecule has 22 heavy (non-hydrogen) atoms. The van der Waals surface area contributed by atoms with E-state index < -0.39 is 18.4 Å². The summed E-state index contributed by atoms with van der Waals surface area (Å²) in [5.41, 5.74) is 1.95. The SMILES string of the molecule is [CH3][Sn]([CH3])([CH3])[c]1ccc2c(c1)OCC(Cc1ccccc1)C2=O. The van der Waals surface area contributed by atoms with E-state index in [-0.39, 0.29) is 11.7 Å². The van der Waals surface area contributed by atoms with Crippen LogP contribution >= 0.6 is 0 Å². The van der Waals surface area contributed by atoms with Gasteiger partial charge in [0.15, 0.2) is 0 Å². The average molecular weight is 401 g/mol. The molecule has 0 spiro atoms. The molecular weight excluding hydrogens is 379 g/mol. The van der Waals surface area contributed by atoms with Crippen molar-refractivity contribution in [3.8, 4) is 5.75 Å². The predicted octanol–water partition coefficient (Wildman–Crippen LogP) is 3.67. The van der Waals surface area contributed by atoms with Gasteiger partial charge < -0.3 is 0 Å². The quantitative estimate of drug-likeness (QED) is 0.735. The van der Waals surface area contributed by atoms with Crippen LogP contribution in [0.4, 0.5) is 0 Å². The Morgan fingerprint density at radius 2 is 1.82 bits per heavy atom. The molecule has 1 unspecified atom stereocenters. The Labute approximate surface area is 136 Å². The summed E-state index contributed by atoms with van der Waals surface area (Å²) in [6.07, 6.45) is 0.749. The van der Waals surface area contributed by atoms with Crippen LogP contribution in [-0.2, 0) is 6.42 Å². The predicted molar refractivity (Wildman–Crippen MR) is 92.9 cm³/mol. The number of hydrogen-bond acceptors (Lipinski definition) is 2. The summed E-state index contributed by atoms with van der Waals surface area (Å²) >= 11 is -2.12. The molecule has 114 valence electrons. The Balaban J connectivity index is 1.84. The van der Waals surface area contributed by atoms with E-state index in [1.165, 1.54) is 9.14 Å². The maximum atomic E-state index is 12.7. The first-order valence-electron chi connectivity index (χ1n) is 7.80. The van der Waals surface area contributed by atoms with E-state index >= 15 is 0 Å². The van der Waals surface area contributed by atoms with Gasteiger partial charge in [0.2, 0.25) is 0 Å². The Morgan fingerprint density at radius 1 is 1.09 bits per heavy atom. The molecule has 1 aliphatic rings. The van der Waals surface area contributed by atoms with E-state index in [0.717, 1.165) is 17.7 Å². The Morgan fingerprint density at radius 3 is 2.50 bits per heavy atom. The third-order valence-electron chi connectivity index (χ3n) is 4.25. The van der Waals surface area contributed by atoms with Gasteiger partial charge in [0.1, 0.15) is 0 Å². The molecule has 0 saturated heterocycles. The van der Waals surface area contributed by atoms with Gasteiger partial charge in [-0.1, -0.05) is 0 Å². The number of fused-ring (bicyclic) bond motifs is 1. The van der Waals surface area contributed by atoms with Crippen molar-refractivity contribution in [2.24, 2.45) is 5.92 Å². The summed E-state index contributed by atoms with van der Waals surface area (Å²) in [4.78, 5) is 19.8. The molecular formula is C19H22O2Sn. The van der Waals surface area contributed by atoms with E-state index in [4.69, 9.17) is 4.74 Å². The Kier molecular flexibility index (Phi) is 4.30. The van der Waals surface area contributed by atoms with Crippen LogP contribution in [0.2, 0.25) is 14.8 Å². The first kappa shape index (κ1) is 15.6. The molecule has 0 amide bonds. The van der Waals surface area contributed by atoms with Gasteiger partial charge in [-0.2, -0.15) is 0 Å². The van der Waals surface area contributed by atoms with E-state index in [0.29, 0.717) is 6.61 Å². The van der Waals surface area contributed by atoms with Crippen molar-refractivity contribution in [2.75, 3.05) is 6.61 Å². The molecule has 1 aliphatic heterocycles. The fourth-order valence-electron chi connectivity index (χ4n) is 2.85. The summed E-state index contributed by atoms with van der Waals surface area (Å²) in [5.74, 6) is 0.943. The summed E-state index contributed by atoms with van der Waals surface area (Å²) in [6.45, 7) is 0.490. The summed E-state index contributed by atoms with van der Waals surface area (Å²) in [5, 5.41) is 0. The van der Waals surface area contributed by atoms with Crippen LogP contribution in [0.1, 0.15) is 15.9 Å². The number of Topliss-reactive ketones (excluding diaryl/α,β-unsaturated/α-hetero) is 1. The molecule has 2 nitrogen and oxygen atoms in total. The molecule has 0 aromatic heterocycles. The molecule has 3 rings (SSSR count). The minimum atomic E-state index is -2.12. The van der Waals surface area contributed by atoms with Gasteiger partial charge in [-0.3, -0.25) is 0 Å². The molecule has 0 N–H and O–H groups in total. The van der Waals surface area contributed by atoms with Crippen LogP contribution in [0.5, 0.6) is 5.75 Å². The van der Waals surface area contributed by atoms with Gasteiger partial charge >= 0.3 is 136 Å². The van der Waals surface area contributed by atoms with Crippen molar-refractivity contribution >= 4 is 27.7 Å². The molecule has 0 saturated carbocycles. The zero-order valence-electron chi connectivity index (χ0n) is 13.4. The molecule has 3 heteroatoms. The molecule has 0 aliphatic carbocycles. The van der Waals surface area contributed by atoms with Crippen molar-refractivity contribution < 1.29 is 9.53 Å². The topological polar surface area (TPSA) is 26.3 Å². The monoisotopic (exact) mass is 402 g/mol. The second kappa shape index (κ2) is 6.07. The standard InChI is InChI=1S/C16H13O2.3CH3.Sn/c17-16-13(10-12-6-2-1-3-7-12)11-18-15-9-5-4-8-14(15)16;;;;/h1-4,6-9,13H,10-11H2;3*1H3;. The van der Waals surface area contributed by atoms with Crippen molar-refractivity contribution in [1.29, 1.82) is 0 Å². The number of ketones is 1. The first-order chi connectivity index (χ1) is 10.4. The average Bonchev–Trinajstić information content (AvgIpc) is 2.50. The third kappa shape index (κ3) is 3.22. The molecule has 0 bridgehead atoms. The van der Waals surface area contributed by atoms with Crippen LogP contribution in [-0.4, -0.2) is 30.8 Å². The summed E-state index contributed by atoms with van der Waals surface area (Å²) in [7, 11) is 0. The summed E-state index contributed by atoms with van der Waals surface area (Å²) in [6, 6.07) is 16.4. The zero-order chi connectivity index (χ0) is 15.7. The number of benzene rings is 2. The van der Waals surface area contributed by atoms with Gasteiger partial charge in [-0.15, -0.1) is 0 Å². The van der Waals surface area contributed by atoms with Gasteiger partial charge in [-0.05, 0) is 0 Å². The maximum absolute atomic E-state index is 12.7. The van der Waals surface area contributed by atoms with Crippen LogP contribution < -0.4 is 8.32 Å². The molecule has 2 aromatic carbocycles. The van der Waals surface area contributed by atoms with Crippen molar-refractivity contribution in [2.45, 2.75) is 21.2 Å². The van der Waals surface area contributed by atoms with E-state index in [1.54, 1.807) is 0 Å². The van der Waals surface area contributed by atoms with Crippen molar-refractivity contribution in [3.63, 3.8) is 0 Å². The van der Waals surface area contributed by atoms with Gasteiger partial charge in [-0.25, -0.2) is 0 Å². The molecule has 2 aromatic rings. The Bertz CT molecular complexity index is 686. The van der Waals surface area contributed by atoms with E-state index in [2.05, 4.69) is 39.1 Å². The second-order valence-electron chi connectivity index (χ2n) is 7.02. The number of carbonyl (C=O) groups is 1. The first-order valence-corrected chi connectivity index (χ1v) is 17.8. The van der Waals surface area contributed by atoms with Gasteiger partial charge in [0.25, 0.3) is 0 Å². The number of hydrogen-bond donors (Lipinski definition) is 0. The van der Waals surface area contributed by atoms with Crippen LogP contribution in [0.3, 0.4) is 0 Å². The molecule has 1 atom stereocenters. The minimum absolute atomic E-state index is 0.0705. The Hall–Kier alpha value is -1.29. The van der Waals surface area contributed by atoms with Gasteiger partial charge in [0, 0.05) is 0 Å². The molecule has 0 radical (unpaired) electrons. The van der Waals surface area contributed by atoms with E-state index in [9.17, 15) is 4.79 Å². The van der Waals surface area contributed by atoms with Gasteiger partial charge in [0.05, 0.1) is 0 Å². The molecule has 1 heterocycles.